The monoisotopic (exact) mass is 180 g/mol. The van der Waals surface area contributed by atoms with E-state index in [4.69, 9.17) is 0 Å². The van der Waals surface area contributed by atoms with Gasteiger partial charge in [-0.3, -0.25) is 4.79 Å². The number of phosphoric ester groups is 1. The van der Waals surface area contributed by atoms with E-state index in [0.717, 1.165) is 0 Å². The third-order valence-electron chi connectivity index (χ3n) is 0.668. The van der Waals surface area contributed by atoms with E-state index in [-0.39, 0.29) is 44.1 Å². The Labute approximate surface area is 94.8 Å². The van der Waals surface area contributed by atoms with Gasteiger partial charge in [0.05, 0.1) is 0 Å². The Morgan fingerprint density at radius 3 is 2.08 bits per heavy atom. The van der Waals surface area contributed by atoms with Crippen LogP contribution in [0.1, 0.15) is 19.8 Å². The van der Waals surface area contributed by atoms with Crippen molar-refractivity contribution >= 4 is 13.8 Å². The second kappa shape index (κ2) is 8.41. The molecule has 0 N–H and O–H groups in total. The maximum Gasteiger partial charge on any atom is 1.00 e. The van der Waals surface area contributed by atoms with Gasteiger partial charge in [-0.25, -0.2) is 0 Å². The molecular formula is C4H7Li2O5P. The molecule has 5 nitrogen and oxygen atoms in total. The molecule has 0 aromatic carbocycles. The first-order valence-corrected chi connectivity index (χ1v) is 4.16. The first-order chi connectivity index (χ1) is 4.45. The number of carbonyl (C=O) groups is 1. The number of carbonyl (C=O) groups excluding carboxylic acids is 1. The van der Waals surface area contributed by atoms with Crippen LogP contribution in [-0.4, -0.2) is 5.97 Å². The van der Waals surface area contributed by atoms with Crippen LogP contribution in [0.15, 0.2) is 0 Å². The quantitative estimate of drug-likeness (QED) is 0.318. The van der Waals surface area contributed by atoms with Crippen molar-refractivity contribution in [3.8, 4) is 0 Å². The number of hydrogen-bond acceptors (Lipinski definition) is 5. The molecule has 0 amide bonds. The summed E-state index contributed by atoms with van der Waals surface area (Å²) in [6.07, 6.45) is 0.410. The topological polar surface area (TPSA) is 89.5 Å². The molecule has 0 aromatic rings. The zero-order valence-electron chi connectivity index (χ0n) is 7.40. The molecule has 8 heteroatoms. The fourth-order valence-electron chi connectivity index (χ4n) is 0.374. The molecule has 12 heavy (non-hydrogen) atoms. The summed E-state index contributed by atoms with van der Waals surface area (Å²) in [7, 11) is -5.10. The minimum Gasteiger partial charge on any atom is -0.780 e. The first kappa shape index (κ1) is 18.6. The first-order valence-electron chi connectivity index (χ1n) is 2.70. The zero-order chi connectivity index (χ0) is 8.20. The van der Waals surface area contributed by atoms with E-state index in [1.54, 1.807) is 6.92 Å². The predicted molar refractivity (Wildman–Crippen MR) is 28.6 cm³/mol. The average molecular weight is 180 g/mol. The Balaban J connectivity index is -0.000000405. The van der Waals surface area contributed by atoms with Crippen molar-refractivity contribution in [1.29, 1.82) is 0 Å². The van der Waals surface area contributed by atoms with Gasteiger partial charge in [-0.2, -0.15) is 0 Å². The minimum atomic E-state index is -5.10. The molecule has 0 unspecified atom stereocenters. The molecule has 0 aromatic heterocycles. The van der Waals surface area contributed by atoms with Gasteiger partial charge in [-0.1, -0.05) is 6.92 Å². The van der Waals surface area contributed by atoms with Crippen LogP contribution in [0.3, 0.4) is 0 Å². The Kier molecular flexibility index (Phi) is 13.0. The molecule has 0 saturated carbocycles. The Hall–Kier alpha value is 0.815. The van der Waals surface area contributed by atoms with Crippen LogP contribution in [0.25, 0.3) is 0 Å². The maximum absolute atomic E-state index is 10.3. The zero-order valence-corrected chi connectivity index (χ0v) is 8.30. The van der Waals surface area contributed by atoms with Crippen LogP contribution < -0.4 is 47.5 Å². The Morgan fingerprint density at radius 1 is 1.42 bits per heavy atom. The van der Waals surface area contributed by atoms with Gasteiger partial charge in [0.1, 0.15) is 7.82 Å². The summed E-state index contributed by atoms with van der Waals surface area (Å²) in [6.45, 7) is 1.67. The molecule has 0 rings (SSSR count). The molecule has 0 saturated heterocycles. The molecule has 0 bridgehead atoms. The van der Waals surface area contributed by atoms with Gasteiger partial charge < -0.3 is 18.9 Å². The van der Waals surface area contributed by atoms with E-state index in [2.05, 4.69) is 4.52 Å². The Bertz CT molecular complexity index is 167. The second-order valence-corrected chi connectivity index (χ2v) is 2.74. The number of phosphoric acid groups is 1. The SMILES string of the molecule is CCCC(=O)OP(=O)([O-])[O-].[Li+].[Li+]. The standard InChI is InChI=1S/C4H9O5P.2Li/c1-2-3-4(5)9-10(6,7)8;;/h2-3H2,1H3,(H2,6,7,8);;/q;2*+1/p-2. The molecule has 0 atom stereocenters. The maximum atomic E-state index is 10.3. The molecule has 0 radical (unpaired) electrons. The van der Waals surface area contributed by atoms with Gasteiger partial charge in [0.2, 0.25) is 0 Å². The summed E-state index contributed by atoms with van der Waals surface area (Å²) in [4.78, 5) is 29.8. The average Bonchev–Trinajstić information content (AvgIpc) is 1.59. The fraction of sp³-hybridized carbons (Fsp3) is 0.750. The van der Waals surface area contributed by atoms with Crippen LogP contribution in [-0.2, 0) is 13.9 Å². The smallest absolute Gasteiger partial charge is 0.780 e. The molecule has 0 aliphatic rings. The van der Waals surface area contributed by atoms with Gasteiger partial charge in [-0.15, -0.1) is 0 Å². The van der Waals surface area contributed by atoms with Gasteiger partial charge in [0, 0.05) is 6.42 Å². The van der Waals surface area contributed by atoms with Crippen LogP contribution in [0.5, 0.6) is 0 Å². The fourth-order valence-corrected chi connectivity index (χ4v) is 0.715. The summed E-state index contributed by atoms with van der Waals surface area (Å²) in [5.74, 6) is -0.990. The number of rotatable bonds is 3. The molecule has 0 heterocycles. The molecule has 60 valence electrons. The van der Waals surface area contributed by atoms with Gasteiger partial charge in [-0.05, 0) is 6.42 Å². The van der Waals surface area contributed by atoms with E-state index in [1.807, 2.05) is 0 Å². The molecule has 0 aliphatic heterocycles. The second-order valence-electron chi connectivity index (χ2n) is 1.66. The van der Waals surface area contributed by atoms with Crippen molar-refractivity contribution in [1.82, 2.24) is 0 Å². The van der Waals surface area contributed by atoms with Crippen LogP contribution in [0.2, 0.25) is 0 Å². The van der Waals surface area contributed by atoms with Crippen molar-refractivity contribution in [3.63, 3.8) is 0 Å². The van der Waals surface area contributed by atoms with Crippen molar-refractivity contribution in [2.75, 3.05) is 0 Å². The Morgan fingerprint density at radius 2 is 1.83 bits per heavy atom. The van der Waals surface area contributed by atoms with E-state index < -0.39 is 13.8 Å². The van der Waals surface area contributed by atoms with Crippen molar-refractivity contribution in [2.45, 2.75) is 19.8 Å². The van der Waals surface area contributed by atoms with E-state index in [9.17, 15) is 19.1 Å². The summed E-state index contributed by atoms with van der Waals surface area (Å²) in [5, 5.41) is 0. The largest absolute Gasteiger partial charge is 1.00 e. The normalized spacial score (nSPS) is 9.25. The van der Waals surface area contributed by atoms with E-state index in [1.165, 1.54) is 0 Å². The molecule has 0 aliphatic carbocycles. The molecular weight excluding hydrogens is 173 g/mol. The van der Waals surface area contributed by atoms with Crippen LogP contribution >= 0.6 is 7.82 Å². The van der Waals surface area contributed by atoms with Gasteiger partial charge in [0.25, 0.3) is 0 Å². The van der Waals surface area contributed by atoms with E-state index >= 15 is 0 Å². The van der Waals surface area contributed by atoms with Crippen LogP contribution in [0.4, 0.5) is 0 Å². The summed E-state index contributed by atoms with van der Waals surface area (Å²) in [5.41, 5.74) is 0. The van der Waals surface area contributed by atoms with Crippen LogP contribution in [0, 0.1) is 0 Å². The predicted octanol–water partition coefficient (Wildman–Crippen LogP) is -6.83. The summed E-state index contributed by atoms with van der Waals surface area (Å²) >= 11 is 0. The van der Waals surface area contributed by atoms with E-state index in [0.29, 0.717) is 6.42 Å². The van der Waals surface area contributed by atoms with Crippen molar-refractivity contribution in [3.05, 3.63) is 0 Å². The minimum absolute atomic E-state index is 0. The van der Waals surface area contributed by atoms with Crippen molar-refractivity contribution < 1.29 is 61.4 Å². The third-order valence-corrected chi connectivity index (χ3v) is 1.09. The van der Waals surface area contributed by atoms with Gasteiger partial charge in [0.15, 0.2) is 0 Å². The van der Waals surface area contributed by atoms with Gasteiger partial charge >= 0.3 is 43.7 Å². The third kappa shape index (κ3) is 13.4. The van der Waals surface area contributed by atoms with Crippen molar-refractivity contribution in [2.24, 2.45) is 0 Å². The number of hydrogen-bond donors (Lipinski definition) is 0. The summed E-state index contributed by atoms with van der Waals surface area (Å²) in [6, 6.07) is 0. The molecule has 0 fully saturated rings. The molecule has 0 spiro atoms. The summed E-state index contributed by atoms with van der Waals surface area (Å²) < 4.78 is 13.2.